The Morgan fingerprint density at radius 3 is 1.85 bits per heavy atom. The summed E-state index contributed by atoms with van der Waals surface area (Å²) in [7, 11) is 0. The molecule has 0 heterocycles. The third-order valence-corrected chi connectivity index (χ3v) is 3.29. The molecule has 152 valence electrons. The fourth-order valence-corrected chi connectivity index (χ4v) is 2.33. The van der Waals surface area contributed by atoms with E-state index in [1.54, 1.807) is 0 Å². The lowest BCUT2D eigenvalue weighted by Crippen LogP contribution is -2.28. The fourth-order valence-electron chi connectivity index (χ4n) is 2.33. The average molecular weight is 372 g/mol. The summed E-state index contributed by atoms with van der Waals surface area (Å²) in [5, 5.41) is 2.72. The normalized spacial score (nSPS) is 12.1. The van der Waals surface area contributed by atoms with Crippen molar-refractivity contribution in [1.29, 1.82) is 0 Å². The topological polar surface area (TPSA) is 81.7 Å². The van der Waals surface area contributed by atoms with Gasteiger partial charge in [0, 0.05) is 32.2 Å². The zero-order valence-corrected chi connectivity index (χ0v) is 17.4. The monoisotopic (exact) mass is 371 g/mol. The molecule has 0 radical (unpaired) electrons. The van der Waals surface area contributed by atoms with Crippen molar-refractivity contribution >= 4 is 17.5 Å². The third-order valence-electron chi connectivity index (χ3n) is 3.29. The van der Waals surface area contributed by atoms with Crippen LogP contribution in [-0.2, 0) is 23.9 Å². The summed E-state index contributed by atoms with van der Waals surface area (Å²) in [6.45, 7) is 13.7. The number of ketones is 2. The van der Waals surface area contributed by atoms with Crippen molar-refractivity contribution in [2.24, 2.45) is 10.8 Å². The van der Waals surface area contributed by atoms with Crippen LogP contribution in [0.4, 0.5) is 0 Å². The number of hydrogen-bond donors (Lipinski definition) is 1. The Balaban J connectivity index is 3.54. The van der Waals surface area contributed by atoms with Crippen LogP contribution in [0.3, 0.4) is 0 Å². The van der Waals surface area contributed by atoms with Gasteiger partial charge >= 0.3 is 0 Å². The molecule has 0 fully saturated rings. The number of carbonyl (C=O) groups excluding carboxylic acids is 3. The van der Waals surface area contributed by atoms with Crippen LogP contribution in [0.15, 0.2) is 0 Å². The Hall–Kier alpha value is -1.27. The Bertz CT molecular complexity index is 446. The van der Waals surface area contributed by atoms with Gasteiger partial charge in [-0.1, -0.05) is 41.5 Å². The molecule has 0 spiro atoms. The summed E-state index contributed by atoms with van der Waals surface area (Å²) in [5.41, 5.74) is -0.0622. The number of Topliss-reactive ketones (excluding diaryl/α,β-unsaturated/α-hetero) is 2. The molecule has 0 saturated heterocycles. The van der Waals surface area contributed by atoms with E-state index in [1.807, 2.05) is 41.5 Å². The summed E-state index contributed by atoms with van der Waals surface area (Å²) >= 11 is 0. The second-order valence-corrected chi connectivity index (χ2v) is 9.07. The van der Waals surface area contributed by atoms with Gasteiger partial charge in [0.05, 0.1) is 19.8 Å². The highest BCUT2D eigenvalue weighted by Crippen LogP contribution is 2.20. The number of ether oxygens (including phenoxy) is 2. The minimum atomic E-state index is -0.139. The maximum absolute atomic E-state index is 11.7. The van der Waals surface area contributed by atoms with Crippen molar-refractivity contribution in [3.8, 4) is 0 Å². The lowest BCUT2D eigenvalue weighted by atomic mass is 9.89. The molecule has 0 unspecified atom stereocenters. The molecular weight excluding hydrogens is 334 g/mol. The van der Waals surface area contributed by atoms with Crippen LogP contribution in [0.1, 0.15) is 67.2 Å². The number of amides is 1. The summed E-state index contributed by atoms with van der Waals surface area (Å²) in [6.07, 6.45) is 1.48. The summed E-state index contributed by atoms with van der Waals surface area (Å²) in [6, 6.07) is 0. The number of hydrogen-bond acceptors (Lipinski definition) is 5. The first kappa shape index (κ1) is 24.7. The molecule has 0 atom stereocenters. The van der Waals surface area contributed by atoms with Gasteiger partial charge in [-0.25, -0.2) is 0 Å². The molecule has 0 rings (SSSR count). The van der Waals surface area contributed by atoms with E-state index in [4.69, 9.17) is 9.47 Å². The molecule has 6 heteroatoms. The molecule has 0 aromatic heterocycles. The predicted octanol–water partition coefficient (Wildman–Crippen LogP) is 2.93. The molecule has 0 aliphatic rings. The van der Waals surface area contributed by atoms with Crippen LogP contribution >= 0.6 is 0 Å². The van der Waals surface area contributed by atoms with E-state index in [9.17, 15) is 14.4 Å². The van der Waals surface area contributed by atoms with Crippen molar-refractivity contribution < 1.29 is 23.9 Å². The number of carbonyl (C=O) groups is 3. The fraction of sp³-hybridized carbons (Fsp3) is 0.850. The highest BCUT2D eigenvalue weighted by molar-refractivity contribution is 5.85. The van der Waals surface area contributed by atoms with E-state index in [0.29, 0.717) is 39.2 Å². The van der Waals surface area contributed by atoms with Crippen molar-refractivity contribution in [3.05, 3.63) is 0 Å². The Labute approximate surface area is 158 Å². The molecule has 0 aliphatic heterocycles. The quantitative estimate of drug-likeness (QED) is 0.503. The van der Waals surface area contributed by atoms with E-state index in [-0.39, 0.29) is 47.8 Å². The van der Waals surface area contributed by atoms with Gasteiger partial charge in [-0.05, 0) is 10.8 Å². The van der Waals surface area contributed by atoms with E-state index in [0.717, 1.165) is 0 Å². The van der Waals surface area contributed by atoms with Crippen LogP contribution in [0, 0.1) is 10.8 Å². The zero-order chi connectivity index (χ0) is 20.2. The Kier molecular flexibility index (Phi) is 11.6. The van der Waals surface area contributed by atoms with Crippen molar-refractivity contribution in [1.82, 2.24) is 5.32 Å². The standard InChI is InChI=1S/C20H37NO5/c1-19(2,3)13-16(22)7-8-18(24)21-9-10-25-11-12-26-15-17(23)14-20(4,5)6/h7-15H2,1-6H3,(H,21,24). The van der Waals surface area contributed by atoms with Crippen molar-refractivity contribution in [2.75, 3.05) is 33.0 Å². The summed E-state index contributed by atoms with van der Waals surface area (Å²) in [4.78, 5) is 35.0. The van der Waals surface area contributed by atoms with Gasteiger partial charge < -0.3 is 14.8 Å². The predicted molar refractivity (Wildman–Crippen MR) is 102 cm³/mol. The van der Waals surface area contributed by atoms with Crippen molar-refractivity contribution in [2.45, 2.75) is 67.2 Å². The first-order valence-electron chi connectivity index (χ1n) is 9.35. The molecule has 6 nitrogen and oxygen atoms in total. The lowest BCUT2D eigenvalue weighted by molar-refractivity contribution is -0.126. The number of nitrogens with one attached hydrogen (secondary N) is 1. The lowest BCUT2D eigenvalue weighted by Gasteiger charge is -2.16. The van der Waals surface area contributed by atoms with Gasteiger partial charge in [0.2, 0.25) is 5.91 Å². The van der Waals surface area contributed by atoms with E-state index in [2.05, 4.69) is 5.32 Å². The second-order valence-electron chi connectivity index (χ2n) is 9.07. The molecule has 1 amide bonds. The van der Waals surface area contributed by atoms with Gasteiger partial charge in [-0.2, -0.15) is 0 Å². The van der Waals surface area contributed by atoms with Gasteiger partial charge in [-0.3, -0.25) is 14.4 Å². The van der Waals surface area contributed by atoms with E-state index in [1.165, 1.54) is 0 Å². The first-order valence-corrected chi connectivity index (χ1v) is 9.35. The molecule has 1 N–H and O–H groups in total. The first-order chi connectivity index (χ1) is 11.9. The molecule has 26 heavy (non-hydrogen) atoms. The average Bonchev–Trinajstić information content (AvgIpc) is 2.44. The third kappa shape index (κ3) is 17.5. The van der Waals surface area contributed by atoms with Crippen LogP contribution in [0.2, 0.25) is 0 Å². The van der Waals surface area contributed by atoms with Gasteiger partial charge in [0.1, 0.15) is 12.4 Å². The zero-order valence-electron chi connectivity index (χ0n) is 17.4. The van der Waals surface area contributed by atoms with Crippen LogP contribution < -0.4 is 5.32 Å². The highest BCUT2D eigenvalue weighted by Gasteiger charge is 2.17. The molecule has 0 aliphatic carbocycles. The minimum Gasteiger partial charge on any atom is -0.377 e. The van der Waals surface area contributed by atoms with Crippen LogP contribution in [0.25, 0.3) is 0 Å². The molecular formula is C20H37NO5. The summed E-state index contributed by atoms with van der Waals surface area (Å²) < 4.78 is 10.6. The molecule has 0 bridgehead atoms. The van der Waals surface area contributed by atoms with Gasteiger partial charge in [0.25, 0.3) is 0 Å². The van der Waals surface area contributed by atoms with Crippen LogP contribution in [-0.4, -0.2) is 50.4 Å². The maximum Gasteiger partial charge on any atom is 0.220 e. The SMILES string of the molecule is CC(C)(C)CC(=O)CCC(=O)NCCOCCOCC(=O)CC(C)(C)C. The molecule has 0 saturated carbocycles. The van der Waals surface area contributed by atoms with Crippen molar-refractivity contribution in [3.63, 3.8) is 0 Å². The Morgan fingerprint density at radius 2 is 1.27 bits per heavy atom. The Morgan fingerprint density at radius 1 is 0.731 bits per heavy atom. The van der Waals surface area contributed by atoms with E-state index >= 15 is 0 Å². The van der Waals surface area contributed by atoms with Gasteiger partial charge in [-0.15, -0.1) is 0 Å². The largest absolute Gasteiger partial charge is 0.377 e. The number of rotatable bonds is 13. The van der Waals surface area contributed by atoms with Crippen LogP contribution in [0.5, 0.6) is 0 Å². The minimum absolute atomic E-state index is 0.0213. The highest BCUT2D eigenvalue weighted by atomic mass is 16.5. The molecule has 0 aromatic rings. The second kappa shape index (κ2) is 12.2. The smallest absolute Gasteiger partial charge is 0.220 e. The summed E-state index contributed by atoms with van der Waals surface area (Å²) in [5.74, 6) is 0.0627. The maximum atomic E-state index is 11.7. The molecule has 0 aromatic carbocycles. The van der Waals surface area contributed by atoms with Gasteiger partial charge in [0.15, 0.2) is 5.78 Å². The van der Waals surface area contributed by atoms with E-state index < -0.39 is 0 Å².